The molecule has 0 spiro atoms. The normalized spacial score (nSPS) is 12.3. The molecule has 0 saturated carbocycles. The molecule has 0 aromatic carbocycles. The van der Waals surface area contributed by atoms with Crippen LogP contribution in [0.5, 0.6) is 0 Å². The number of carbonyl (C=O) groups excluding carboxylic acids is 1. The van der Waals surface area contributed by atoms with E-state index in [1.165, 1.54) is 70.6 Å². The van der Waals surface area contributed by atoms with Crippen LogP contribution in [0.4, 0.5) is 0 Å². The van der Waals surface area contributed by atoms with E-state index in [0.29, 0.717) is 12.8 Å². The SMILES string of the molecule is CCCCCCCCCCCCCCC(CN(CC)CC)NC(=O)CCCC(=O)O. The maximum Gasteiger partial charge on any atom is 0.303 e. The molecule has 0 aromatic heterocycles. The molecule has 1 unspecified atom stereocenters. The summed E-state index contributed by atoms with van der Waals surface area (Å²) < 4.78 is 0. The first-order valence-electron chi connectivity index (χ1n) is 12.8. The number of rotatable bonds is 22. The number of carboxylic acid groups (broad SMARTS) is 1. The lowest BCUT2D eigenvalue weighted by atomic mass is 10.0. The summed E-state index contributed by atoms with van der Waals surface area (Å²) in [4.78, 5) is 25.2. The van der Waals surface area contributed by atoms with E-state index in [9.17, 15) is 9.59 Å². The molecule has 0 aromatic rings. The summed E-state index contributed by atoms with van der Waals surface area (Å²) in [5, 5.41) is 11.9. The van der Waals surface area contributed by atoms with Crippen molar-refractivity contribution in [2.45, 2.75) is 130 Å². The first-order valence-corrected chi connectivity index (χ1v) is 12.8. The summed E-state index contributed by atoms with van der Waals surface area (Å²) in [6.07, 6.45) is 17.9. The Bertz CT molecular complexity index is 411. The first-order chi connectivity index (χ1) is 14.5. The van der Waals surface area contributed by atoms with E-state index in [1.54, 1.807) is 0 Å². The van der Waals surface area contributed by atoms with Gasteiger partial charge in [-0.25, -0.2) is 0 Å². The number of nitrogens with one attached hydrogen (secondary N) is 1. The van der Waals surface area contributed by atoms with Gasteiger partial charge in [-0.05, 0) is 25.9 Å². The van der Waals surface area contributed by atoms with Crippen molar-refractivity contribution in [2.75, 3.05) is 19.6 Å². The van der Waals surface area contributed by atoms with Gasteiger partial charge in [-0.2, -0.15) is 0 Å². The van der Waals surface area contributed by atoms with E-state index in [1.807, 2.05) is 0 Å². The average molecular weight is 427 g/mol. The highest BCUT2D eigenvalue weighted by molar-refractivity contribution is 5.77. The van der Waals surface area contributed by atoms with Gasteiger partial charge >= 0.3 is 5.97 Å². The Morgan fingerprint density at radius 1 is 0.733 bits per heavy atom. The van der Waals surface area contributed by atoms with Crippen molar-refractivity contribution in [1.82, 2.24) is 10.2 Å². The van der Waals surface area contributed by atoms with E-state index < -0.39 is 5.97 Å². The van der Waals surface area contributed by atoms with E-state index in [0.717, 1.165) is 32.5 Å². The Morgan fingerprint density at radius 3 is 1.70 bits per heavy atom. The number of hydrogen-bond donors (Lipinski definition) is 2. The highest BCUT2D eigenvalue weighted by Crippen LogP contribution is 2.13. The molecule has 2 N–H and O–H groups in total. The van der Waals surface area contributed by atoms with Gasteiger partial charge in [0, 0.05) is 25.4 Å². The fourth-order valence-electron chi connectivity index (χ4n) is 3.93. The number of carboxylic acids is 1. The summed E-state index contributed by atoms with van der Waals surface area (Å²) in [5.41, 5.74) is 0. The predicted molar refractivity (Wildman–Crippen MR) is 127 cm³/mol. The number of nitrogens with zero attached hydrogens (tertiary/aromatic N) is 1. The molecule has 0 heterocycles. The van der Waals surface area contributed by atoms with Crippen LogP contribution >= 0.6 is 0 Å². The summed E-state index contributed by atoms with van der Waals surface area (Å²) in [5.74, 6) is -0.841. The zero-order valence-electron chi connectivity index (χ0n) is 20.2. The minimum atomic E-state index is -0.834. The van der Waals surface area contributed by atoms with Crippen LogP contribution in [-0.2, 0) is 9.59 Å². The van der Waals surface area contributed by atoms with Crippen LogP contribution in [0.25, 0.3) is 0 Å². The van der Waals surface area contributed by atoms with Crippen LogP contribution in [0.2, 0.25) is 0 Å². The maximum absolute atomic E-state index is 12.2. The number of unbranched alkanes of at least 4 members (excludes halogenated alkanes) is 11. The van der Waals surface area contributed by atoms with Gasteiger partial charge in [0.15, 0.2) is 0 Å². The van der Waals surface area contributed by atoms with Gasteiger partial charge in [-0.1, -0.05) is 97.8 Å². The second-order valence-electron chi connectivity index (χ2n) is 8.68. The minimum absolute atomic E-state index is 0.00709. The molecule has 0 radical (unpaired) electrons. The van der Waals surface area contributed by atoms with Gasteiger partial charge in [-0.15, -0.1) is 0 Å². The van der Waals surface area contributed by atoms with Gasteiger partial charge < -0.3 is 15.3 Å². The molecule has 0 fully saturated rings. The van der Waals surface area contributed by atoms with E-state index in [2.05, 4.69) is 31.0 Å². The highest BCUT2D eigenvalue weighted by Gasteiger charge is 2.15. The maximum atomic E-state index is 12.2. The Labute approximate surface area is 186 Å². The zero-order valence-corrected chi connectivity index (χ0v) is 20.2. The molecule has 30 heavy (non-hydrogen) atoms. The molecular formula is C25H50N2O3. The lowest BCUT2D eigenvalue weighted by Gasteiger charge is -2.26. The zero-order chi connectivity index (χ0) is 22.5. The summed E-state index contributed by atoms with van der Waals surface area (Å²) in [6, 6.07) is 0.172. The third kappa shape index (κ3) is 18.9. The Kier molecular flexibility index (Phi) is 20.4. The quantitative estimate of drug-likeness (QED) is 0.203. The van der Waals surface area contributed by atoms with Crippen LogP contribution in [0.3, 0.4) is 0 Å². The Balaban J connectivity index is 3.95. The summed E-state index contributed by atoms with van der Waals surface area (Å²) >= 11 is 0. The second-order valence-corrected chi connectivity index (χ2v) is 8.68. The minimum Gasteiger partial charge on any atom is -0.481 e. The Morgan fingerprint density at radius 2 is 1.23 bits per heavy atom. The second kappa shape index (κ2) is 21.1. The molecular weight excluding hydrogens is 376 g/mol. The lowest BCUT2D eigenvalue weighted by Crippen LogP contribution is -2.43. The van der Waals surface area contributed by atoms with Crippen molar-refractivity contribution in [2.24, 2.45) is 0 Å². The van der Waals surface area contributed by atoms with Crippen LogP contribution in [0.15, 0.2) is 0 Å². The molecule has 0 saturated heterocycles. The van der Waals surface area contributed by atoms with Crippen molar-refractivity contribution in [3.05, 3.63) is 0 Å². The van der Waals surface area contributed by atoms with Gasteiger partial charge in [0.25, 0.3) is 0 Å². The number of carbonyl (C=O) groups is 2. The van der Waals surface area contributed by atoms with Gasteiger partial charge in [-0.3, -0.25) is 9.59 Å². The summed E-state index contributed by atoms with van der Waals surface area (Å²) in [6.45, 7) is 9.43. The van der Waals surface area contributed by atoms with Gasteiger partial charge in [0.2, 0.25) is 5.91 Å². The topological polar surface area (TPSA) is 69.6 Å². The fourth-order valence-corrected chi connectivity index (χ4v) is 3.93. The first kappa shape index (κ1) is 28.9. The molecule has 5 heteroatoms. The monoisotopic (exact) mass is 426 g/mol. The largest absolute Gasteiger partial charge is 0.481 e. The molecule has 5 nitrogen and oxygen atoms in total. The van der Waals surface area contributed by atoms with E-state index in [4.69, 9.17) is 5.11 Å². The van der Waals surface area contributed by atoms with Crippen LogP contribution < -0.4 is 5.32 Å². The molecule has 178 valence electrons. The average Bonchev–Trinajstić information content (AvgIpc) is 2.72. The highest BCUT2D eigenvalue weighted by atomic mass is 16.4. The third-order valence-corrected chi connectivity index (χ3v) is 5.94. The fraction of sp³-hybridized carbons (Fsp3) is 0.920. The molecule has 1 amide bonds. The van der Waals surface area contributed by atoms with Crippen molar-refractivity contribution >= 4 is 11.9 Å². The Hall–Kier alpha value is -1.10. The standard InChI is InChI=1S/C25H50N2O3/c1-4-7-8-9-10-11-12-13-14-15-16-17-19-23(22-27(5-2)6-3)26-24(28)20-18-21-25(29)30/h23H,4-22H2,1-3H3,(H,26,28)(H,29,30). The van der Waals surface area contributed by atoms with Gasteiger partial charge in [0.05, 0.1) is 0 Å². The summed E-state index contributed by atoms with van der Waals surface area (Å²) in [7, 11) is 0. The number of amides is 1. The number of hydrogen-bond acceptors (Lipinski definition) is 3. The van der Waals surface area contributed by atoms with Crippen LogP contribution in [0.1, 0.15) is 124 Å². The molecule has 0 aliphatic heterocycles. The lowest BCUT2D eigenvalue weighted by molar-refractivity contribution is -0.137. The van der Waals surface area contributed by atoms with E-state index in [-0.39, 0.29) is 18.4 Å². The van der Waals surface area contributed by atoms with Crippen molar-refractivity contribution in [3.8, 4) is 0 Å². The third-order valence-electron chi connectivity index (χ3n) is 5.94. The van der Waals surface area contributed by atoms with Crippen LogP contribution in [0, 0.1) is 0 Å². The van der Waals surface area contributed by atoms with E-state index >= 15 is 0 Å². The van der Waals surface area contributed by atoms with Crippen LogP contribution in [-0.4, -0.2) is 47.6 Å². The molecule has 1 atom stereocenters. The molecule has 0 bridgehead atoms. The molecule has 0 rings (SSSR count). The van der Waals surface area contributed by atoms with Crippen molar-refractivity contribution in [1.29, 1.82) is 0 Å². The van der Waals surface area contributed by atoms with Gasteiger partial charge in [0.1, 0.15) is 0 Å². The van der Waals surface area contributed by atoms with Crippen molar-refractivity contribution in [3.63, 3.8) is 0 Å². The van der Waals surface area contributed by atoms with Crippen molar-refractivity contribution < 1.29 is 14.7 Å². The number of likely N-dealkylation sites (N-methyl/N-ethyl adjacent to an activating group) is 1. The predicted octanol–water partition coefficient (Wildman–Crippen LogP) is 6.16. The molecule has 0 aliphatic carbocycles. The number of aliphatic carboxylic acids is 1. The molecule has 0 aliphatic rings. The smallest absolute Gasteiger partial charge is 0.303 e.